The third kappa shape index (κ3) is 7.27. The van der Waals surface area contributed by atoms with Gasteiger partial charge in [-0.25, -0.2) is 0 Å². The minimum atomic E-state index is -0.108. The fourth-order valence-electron chi connectivity index (χ4n) is 3.01. The third-order valence-electron chi connectivity index (χ3n) is 4.37. The first-order chi connectivity index (χ1) is 10.2. The van der Waals surface area contributed by atoms with E-state index in [0.717, 1.165) is 31.8 Å². The fraction of sp³-hybridized carbons (Fsp3) is 0.750. The zero-order valence-electron chi connectivity index (χ0n) is 13.2. The van der Waals surface area contributed by atoms with E-state index in [2.05, 4.69) is 22.0 Å². The Morgan fingerprint density at radius 3 is 2.64 bits per heavy atom. The van der Waals surface area contributed by atoms with Crippen LogP contribution in [0, 0.1) is 5.92 Å². The Kier molecular flexibility index (Phi) is 9.16. The molecule has 0 unspecified atom stereocenters. The quantitative estimate of drug-likeness (QED) is 0.620. The average Bonchev–Trinajstić information content (AvgIpc) is 3.03. The Bertz CT molecular complexity index is 393. The van der Waals surface area contributed by atoms with E-state index in [1.807, 2.05) is 0 Å². The number of carbonyl (C=O) groups is 2. The molecule has 22 heavy (non-hydrogen) atoms. The number of hydrogen-bond donors (Lipinski definition) is 3. The maximum Gasteiger partial charge on any atom is 0.239 e. The van der Waals surface area contributed by atoms with Crippen molar-refractivity contribution in [3.05, 3.63) is 11.6 Å². The zero-order chi connectivity index (χ0) is 14.9. The molecule has 0 atom stereocenters. The van der Waals surface area contributed by atoms with Crippen LogP contribution in [0.5, 0.6) is 0 Å². The molecular formula is C16H28ClN3O2. The van der Waals surface area contributed by atoms with E-state index in [4.69, 9.17) is 0 Å². The molecule has 126 valence electrons. The molecule has 1 aliphatic carbocycles. The molecule has 1 aliphatic heterocycles. The van der Waals surface area contributed by atoms with Crippen LogP contribution in [0.25, 0.3) is 0 Å². The maximum atomic E-state index is 11.7. The van der Waals surface area contributed by atoms with Gasteiger partial charge in [0.1, 0.15) is 0 Å². The van der Waals surface area contributed by atoms with E-state index in [-0.39, 0.29) is 30.8 Å². The van der Waals surface area contributed by atoms with Gasteiger partial charge in [0, 0.05) is 19.5 Å². The van der Waals surface area contributed by atoms with Gasteiger partial charge in [0.25, 0.3) is 0 Å². The standard InChI is InChI=1S/C16H27N3O2.ClH/c20-15(6-5-13-3-1-2-4-13)19-12-16(21)18-11-14-7-9-17-10-8-14;/h7,13,17H,1-6,8-12H2,(H,18,21)(H,19,20);1H. The molecule has 2 rings (SSSR count). The van der Waals surface area contributed by atoms with Crippen molar-refractivity contribution in [3.63, 3.8) is 0 Å². The second-order valence-corrected chi connectivity index (χ2v) is 6.06. The predicted molar refractivity (Wildman–Crippen MR) is 90.0 cm³/mol. The van der Waals surface area contributed by atoms with Gasteiger partial charge in [-0.05, 0) is 25.3 Å². The molecule has 0 spiro atoms. The SMILES string of the molecule is Cl.O=C(CCC1CCCC1)NCC(=O)NCC1=CCNCC1. The molecule has 1 heterocycles. The summed E-state index contributed by atoms with van der Waals surface area (Å²) < 4.78 is 0. The highest BCUT2D eigenvalue weighted by Gasteiger charge is 2.16. The van der Waals surface area contributed by atoms with Gasteiger partial charge in [-0.15, -0.1) is 12.4 Å². The summed E-state index contributed by atoms with van der Waals surface area (Å²) in [5.41, 5.74) is 1.26. The van der Waals surface area contributed by atoms with Crippen molar-refractivity contribution >= 4 is 24.2 Å². The van der Waals surface area contributed by atoms with E-state index in [1.54, 1.807) is 0 Å². The summed E-state index contributed by atoms with van der Waals surface area (Å²) in [6.07, 6.45) is 9.75. The molecule has 0 aromatic carbocycles. The Morgan fingerprint density at radius 1 is 1.18 bits per heavy atom. The summed E-state index contributed by atoms with van der Waals surface area (Å²) >= 11 is 0. The fourth-order valence-corrected chi connectivity index (χ4v) is 3.01. The zero-order valence-corrected chi connectivity index (χ0v) is 14.0. The summed E-state index contributed by atoms with van der Waals surface area (Å²) in [4.78, 5) is 23.4. The maximum absolute atomic E-state index is 11.7. The molecule has 3 N–H and O–H groups in total. The number of hydrogen-bond acceptors (Lipinski definition) is 3. The summed E-state index contributed by atoms with van der Waals surface area (Å²) in [6, 6.07) is 0. The summed E-state index contributed by atoms with van der Waals surface area (Å²) in [6.45, 7) is 2.54. The minimum Gasteiger partial charge on any atom is -0.351 e. The van der Waals surface area contributed by atoms with E-state index >= 15 is 0 Å². The first kappa shape index (κ1) is 19.0. The van der Waals surface area contributed by atoms with Gasteiger partial charge in [-0.2, -0.15) is 0 Å². The molecule has 0 radical (unpaired) electrons. The molecule has 0 saturated heterocycles. The number of halogens is 1. The van der Waals surface area contributed by atoms with E-state index < -0.39 is 0 Å². The van der Waals surface area contributed by atoms with Crippen LogP contribution in [0.15, 0.2) is 11.6 Å². The molecule has 0 bridgehead atoms. The summed E-state index contributed by atoms with van der Waals surface area (Å²) in [5, 5.41) is 8.80. The summed E-state index contributed by atoms with van der Waals surface area (Å²) in [7, 11) is 0. The van der Waals surface area contributed by atoms with Crippen LogP contribution in [0.4, 0.5) is 0 Å². The van der Waals surface area contributed by atoms with Crippen LogP contribution in [0.2, 0.25) is 0 Å². The molecule has 2 aliphatic rings. The van der Waals surface area contributed by atoms with Gasteiger partial charge in [-0.1, -0.05) is 37.3 Å². The third-order valence-corrected chi connectivity index (χ3v) is 4.37. The minimum absolute atomic E-state index is 0. The van der Waals surface area contributed by atoms with Gasteiger partial charge in [0.05, 0.1) is 6.54 Å². The molecule has 1 fully saturated rings. The molecule has 0 aromatic rings. The smallest absolute Gasteiger partial charge is 0.239 e. The number of carbonyl (C=O) groups excluding carboxylic acids is 2. The highest BCUT2D eigenvalue weighted by molar-refractivity contribution is 5.85. The second-order valence-electron chi connectivity index (χ2n) is 6.06. The van der Waals surface area contributed by atoms with E-state index in [1.165, 1.54) is 31.3 Å². The van der Waals surface area contributed by atoms with Crippen LogP contribution >= 0.6 is 12.4 Å². The monoisotopic (exact) mass is 329 g/mol. The number of nitrogens with one attached hydrogen (secondary N) is 3. The van der Waals surface area contributed by atoms with Crippen LogP contribution in [0.1, 0.15) is 44.9 Å². The average molecular weight is 330 g/mol. The predicted octanol–water partition coefficient (Wildman–Crippen LogP) is 1.53. The Hall–Kier alpha value is -1.07. The summed E-state index contributed by atoms with van der Waals surface area (Å²) in [5.74, 6) is 0.609. The molecule has 0 aromatic heterocycles. The number of amides is 2. The van der Waals surface area contributed by atoms with Crippen LogP contribution in [0.3, 0.4) is 0 Å². The first-order valence-corrected chi connectivity index (χ1v) is 8.16. The second kappa shape index (κ2) is 10.6. The largest absolute Gasteiger partial charge is 0.351 e. The molecular weight excluding hydrogens is 302 g/mol. The Labute approximate surface area is 139 Å². The van der Waals surface area contributed by atoms with Gasteiger partial charge < -0.3 is 16.0 Å². The van der Waals surface area contributed by atoms with Crippen molar-refractivity contribution in [1.82, 2.24) is 16.0 Å². The lowest BCUT2D eigenvalue weighted by molar-refractivity contribution is -0.126. The van der Waals surface area contributed by atoms with E-state index in [9.17, 15) is 9.59 Å². The topological polar surface area (TPSA) is 70.2 Å². The van der Waals surface area contributed by atoms with Crippen molar-refractivity contribution in [2.75, 3.05) is 26.2 Å². The van der Waals surface area contributed by atoms with Gasteiger partial charge in [-0.3, -0.25) is 9.59 Å². The Morgan fingerprint density at radius 2 is 1.95 bits per heavy atom. The van der Waals surface area contributed by atoms with Crippen molar-refractivity contribution in [2.24, 2.45) is 5.92 Å². The van der Waals surface area contributed by atoms with Crippen molar-refractivity contribution in [1.29, 1.82) is 0 Å². The highest BCUT2D eigenvalue weighted by atomic mass is 35.5. The van der Waals surface area contributed by atoms with Crippen LogP contribution in [-0.4, -0.2) is 38.0 Å². The van der Waals surface area contributed by atoms with E-state index in [0.29, 0.717) is 13.0 Å². The van der Waals surface area contributed by atoms with Gasteiger partial charge >= 0.3 is 0 Å². The van der Waals surface area contributed by atoms with Crippen molar-refractivity contribution in [2.45, 2.75) is 44.9 Å². The lowest BCUT2D eigenvalue weighted by Gasteiger charge is -2.14. The Balaban J connectivity index is 0.00000242. The van der Waals surface area contributed by atoms with Crippen LogP contribution in [-0.2, 0) is 9.59 Å². The van der Waals surface area contributed by atoms with Crippen LogP contribution < -0.4 is 16.0 Å². The van der Waals surface area contributed by atoms with Crippen molar-refractivity contribution in [3.8, 4) is 0 Å². The van der Waals surface area contributed by atoms with Gasteiger partial charge in [0.15, 0.2) is 0 Å². The first-order valence-electron chi connectivity index (χ1n) is 8.16. The normalized spacial score (nSPS) is 18.3. The molecule has 1 saturated carbocycles. The molecule has 6 heteroatoms. The molecule has 5 nitrogen and oxygen atoms in total. The van der Waals surface area contributed by atoms with Gasteiger partial charge in [0.2, 0.25) is 11.8 Å². The molecule has 2 amide bonds. The lowest BCUT2D eigenvalue weighted by Crippen LogP contribution is -2.38. The highest BCUT2D eigenvalue weighted by Crippen LogP contribution is 2.28. The lowest BCUT2D eigenvalue weighted by atomic mass is 10.0. The number of rotatable bonds is 7. The van der Waals surface area contributed by atoms with Crippen molar-refractivity contribution < 1.29 is 9.59 Å².